The van der Waals surface area contributed by atoms with Gasteiger partial charge in [0.2, 0.25) is 11.8 Å². The van der Waals surface area contributed by atoms with Crippen LogP contribution in [0.2, 0.25) is 0 Å². The van der Waals surface area contributed by atoms with Crippen molar-refractivity contribution in [1.82, 2.24) is 24.8 Å². The van der Waals surface area contributed by atoms with E-state index in [2.05, 4.69) is 52.3 Å². The Morgan fingerprint density at radius 3 is 2.46 bits per heavy atom. The molecule has 0 unspecified atom stereocenters. The molecule has 4 aromatic rings. The highest BCUT2D eigenvalue weighted by atomic mass is 32.2. The standard InChI is InChI=1S/C36H43N7O4S/c1-23-10-7-11-24(2)33(23)30-17-32-40-35(39-30)41-48(45,46)29-14-8-13-26(16-29)34(44)43(28(22-47-32)18-36(4,5)6)21-27-19-37-20-31(38-27)42-15-9-12-25(42)3/h7-8,10-11,13-14,16-17,19-20,25,28H,9,12,15,18,21-22H2,1-6H3,(H,39,40,41)/t25-,28-/m1/s1. The van der Waals surface area contributed by atoms with Crippen molar-refractivity contribution in [2.75, 3.05) is 22.8 Å². The summed E-state index contributed by atoms with van der Waals surface area (Å²) >= 11 is 0. The number of nitrogens with zero attached hydrogens (tertiary/aromatic N) is 6. The number of ether oxygens (including phenoxy) is 1. The molecular weight excluding hydrogens is 627 g/mol. The number of sulfonamides is 1. The van der Waals surface area contributed by atoms with Gasteiger partial charge in [0, 0.05) is 29.8 Å². The number of aryl methyl sites for hydroxylation is 2. The van der Waals surface area contributed by atoms with Crippen LogP contribution in [-0.4, -0.2) is 64.4 Å². The van der Waals surface area contributed by atoms with Crippen molar-refractivity contribution < 1.29 is 17.9 Å². The van der Waals surface area contributed by atoms with Crippen molar-refractivity contribution in [3.63, 3.8) is 0 Å². The number of hydrogen-bond donors (Lipinski definition) is 1. The molecule has 1 N–H and O–H groups in total. The molecule has 252 valence electrons. The first kappa shape index (κ1) is 33.3. The fourth-order valence-corrected chi connectivity index (χ4v) is 7.59. The molecule has 48 heavy (non-hydrogen) atoms. The van der Waals surface area contributed by atoms with Crippen LogP contribution in [0, 0.1) is 19.3 Å². The molecule has 2 aliphatic heterocycles. The normalized spacial score (nSPS) is 19.5. The summed E-state index contributed by atoms with van der Waals surface area (Å²) in [5.74, 6) is 0.530. The molecule has 2 aliphatic rings. The Bertz CT molecular complexity index is 1920. The second-order valence-corrected chi connectivity index (χ2v) is 15.7. The zero-order valence-corrected chi connectivity index (χ0v) is 29.2. The number of carbonyl (C=O) groups is 1. The third kappa shape index (κ3) is 7.28. The average Bonchev–Trinajstić information content (AvgIpc) is 3.46. The molecule has 0 radical (unpaired) electrons. The summed E-state index contributed by atoms with van der Waals surface area (Å²) in [5.41, 5.74) is 4.03. The number of fused-ring (bicyclic) bond motifs is 4. The number of aromatic nitrogens is 4. The van der Waals surface area contributed by atoms with Gasteiger partial charge in [0.15, 0.2) is 0 Å². The van der Waals surface area contributed by atoms with E-state index < -0.39 is 16.1 Å². The summed E-state index contributed by atoms with van der Waals surface area (Å²) in [7, 11) is -4.17. The van der Waals surface area contributed by atoms with Crippen LogP contribution in [-0.2, 0) is 16.6 Å². The van der Waals surface area contributed by atoms with Crippen LogP contribution in [0.25, 0.3) is 11.3 Å². The molecule has 2 aromatic carbocycles. The zero-order valence-electron chi connectivity index (χ0n) is 28.4. The quantitative estimate of drug-likeness (QED) is 0.265. The summed E-state index contributed by atoms with van der Waals surface area (Å²) < 4.78 is 36.3. The van der Waals surface area contributed by atoms with Gasteiger partial charge in [-0.3, -0.25) is 9.78 Å². The highest BCUT2D eigenvalue weighted by Gasteiger charge is 2.32. The van der Waals surface area contributed by atoms with Crippen LogP contribution < -0.4 is 14.4 Å². The molecule has 4 bridgehead atoms. The number of hydrogen-bond acceptors (Lipinski definition) is 9. The summed E-state index contributed by atoms with van der Waals surface area (Å²) in [5, 5.41) is 0. The summed E-state index contributed by atoms with van der Waals surface area (Å²) in [6.45, 7) is 13.7. The third-order valence-corrected chi connectivity index (χ3v) is 10.2. The van der Waals surface area contributed by atoms with Gasteiger partial charge in [-0.05, 0) is 74.8 Å². The van der Waals surface area contributed by atoms with Crippen LogP contribution >= 0.6 is 0 Å². The number of rotatable bonds is 5. The highest BCUT2D eigenvalue weighted by molar-refractivity contribution is 7.92. The van der Waals surface area contributed by atoms with E-state index in [9.17, 15) is 13.2 Å². The molecule has 6 rings (SSSR count). The minimum Gasteiger partial charge on any atom is -0.475 e. The number of anilines is 2. The van der Waals surface area contributed by atoms with E-state index in [1.54, 1.807) is 35.5 Å². The Morgan fingerprint density at radius 1 is 1.00 bits per heavy atom. The SMILES string of the molecule is Cc1cccc(C)c1-c1cc2nc(n1)NS(=O)(=O)c1cccc(c1)C(=O)N(Cc1cncc(N3CCC[C@H]3C)n1)[C@H](CC(C)(C)C)CO2. The van der Waals surface area contributed by atoms with E-state index in [1.807, 2.05) is 32.0 Å². The van der Waals surface area contributed by atoms with Crippen molar-refractivity contribution in [1.29, 1.82) is 0 Å². The van der Waals surface area contributed by atoms with Crippen molar-refractivity contribution in [2.24, 2.45) is 5.41 Å². The van der Waals surface area contributed by atoms with Gasteiger partial charge in [-0.15, -0.1) is 0 Å². The Hall–Kier alpha value is -4.58. The van der Waals surface area contributed by atoms with Crippen LogP contribution in [0.4, 0.5) is 11.8 Å². The lowest BCUT2D eigenvalue weighted by atomic mass is 9.87. The van der Waals surface area contributed by atoms with E-state index in [1.165, 1.54) is 12.1 Å². The van der Waals surface area contributed by atoms with Crippen molar-refractivity contribution >= 4 is 27.7 Å². The van der Waals surface area contributed by atoms with E-state index >= 15 is 0 Å². The maximum absolute atomic E-state index is 14.5. The largest absolute Gasteiger partial charge is 0.475 e. The molecule has 0 spiro atoms. The number of benzene rings is 2. The van der Waals surface area contributed by atoms with Gasteiger partial charge >= 0.3 is 0 Å². The fraction of sp³-hybridized carbons (Fsp3) is 0.417. The topological polar surface area (TPSA) is 131 Å². The Balaban J connectivity index is 1.47. The first-order valence-electron chi connectivity index (χ1n) is 16.4. The summed E-state index contributed by atoms with van der Waals surface area (Å²) in [4.78, 5) is 36.9. The van der Waals surface area contributed by atoms with Gasteiger partial charge < -0.3 is 14.5 Å². The predicted molar refractivity (Wildman–Crippen MR) is 185 cm³/mol. The molecule has 1 amide bonds. The van der Waals surface area contributed by atoms with Crippen LogP contribution in [0.15, 0.2) is 65.8 Å². The second-order valence-electron chi connectivity index (χ2n) is 14.0. The first-order chi connectivity index (χ1) is 22.8. The van der Waals surface area contributed by atoms with Crippen LogP contribution in [0.1, 0.15) is 74.1 Å². The van der Waals surface area contributed by atoms with E-state index in [0.29, 0.717) is 23.9 Å². The third-order valence-electron chi connectivity index (χ3n) is 8.88. The lowest BCUT2D eigenvalue weighted by Crippen LogP contribution is -2.45. The molecule has 0 aliphatic carbocycles. The Morgan fingerprint density at radius 2 is 1.75 bits per heavy atom. The maximum Gasteiger partial charge on any atom is 0.264 e. The monoisotopic (exact) mass is 669 g/mol. The average molecular weight is 670 g/mol. The van der Waals surface area contributed by atoms with Gasteiger partial charge in [0.25, 0.3) is 15.9 Å². The minimum atomic E-state index is -4.17. The van der Waals surface area contributed by atoms with Gasteiger partial charge in [0.1, 0.15) is 12.4 Å². The van der Waals surface area contributed by atoms with E-state index in [4.69, 9.17) is 9.72 Å². The smallest absolute Gasteiger partial charge is 0.264 e. The predicted octanol–water partition coefficient (Wildman–Crippen LogP) is 6.18. The fourth-order valence-electron chi connectivity index (χ4n) is 6.60. The van der Waals surface area contributed by atoms with E-state index in [0.717, 1.165) is 41.9 Å². The van der Waals surface area contributed by atoms with E-state index in [-0.39, 0.29) is 46.8 Å². The van der Waals surface area contributed by atoms with Crippen molar-refractivity contribution in [2.45, 2.75) is 84.3 Å². The minimum absolute atomic E-state index is 0.0757. The number of amides is 1. The summed E-state index contributed by atoms with van der Waals surface area (Å²) in [6.07, 6.45) is 6.22. The summed E-state index contributed by atoms with van der Waals surface area (Å²) in [6, 6.07) is 13.6. The van der Waals surface area contributed by atoms with Gasteiger partial charge in [-0.1, -0.05) is 45.0 Å². The van der Waals surface area contributed by atoms with Crippen LogP contribution in [0.3, 0.4) is 0 Å². The second kappa shape index (κ2) is 13.1. The molecule has 2 aromatic heterocycles. The molecule has 0 saturated carbocycles. The molecule has 1 fully saturated rings. The lowest BCUT2D eigenvalue weighted by Gasteiger charge is -2.35. The Labute approximate surface area is 282 Å². The van der Waals surface area contributed by atoms with Gasteiger partial charge in [-0.2, -0.15) is 4.98 Å². The first-order valence-corrected chi connectivity index (χ1v) is 17.9. The molecule has 2 atom stereocenters. The van der Waals surface area contributed by atoms with Gasteiger partial charge in [0.05, 0.1) is 41.3 Å². The zero-order chi connectivity index (χ0) is 34.2. The highest BCUT2D eigenvalue weighted by Crippen LogP contribution is 2.32. The molecule has 12 heteroatoms. The lowest BCUT2D eigenvalue weighted by molar-refractivity contribution is 0.0509. The molecule has 1 saturated heterocycles. The van der Waals surface area contributed by atoms with Crippen molar-refractivity contribution in [3.05, 3.63) is 83.3 Å². The molecule has 11 nitrogen and oxygen atoms in total. The van der Waals surface area contributed by atoms with Crippen LogP contribution in [0.5, 0.6) is 5.88 Å². The molecule has 4 heterocycles. The molecular formula is C36H43N7O4S. The van der Waals surface area contributed by atoms with Gasteiger partial charge in [-0.25, -0.2) is 23.1 Å². The van der Waals surface area contributed by atoms with Crippen molar-refractivity contribution in [3.8, 4) is 17.1 Å². The Kier molecular flexibility index (Phi) is 9.12. The maximum atomic E-state index is 14.5. The number of carbonyl (C=O) groups excluding carboxylic acids is 1. The number of nitrogens with one attached hydrogen (secondary N) is 1.